The number of esters is 1. The minimum Gasteiger partial charge on any atom is -0.465 e. The first-order chi connectivity index (χ1) is 9.01. The summed E-state index contributed by atoms with van der Waals surface area (Å²) in [7, 11) is 0. The SMILES string of the molecule is CCNC(C)(CSc1nccc(C)n1)C(=O)OCC. The number of hydrogen-bond acceptors (Lipinski definition) is 6. The zero-order valence-corrected chi connectivity index (χ0v) is 12.7. The van der Waals surface area contributed by atoms with Crippen molar-refractivity contribution >= 4 is 17.7 Å². The van der Waals surface area contributed by atoms with Gasteiger partial charge in [0.05, 0.1) is 6.61 Å². The van der Waals surface area contributed by atoms with Gasteiger partial charge in [0.2, 0.25) is 0 Å². The lowest BCUT2D eigenvalue weighted by molar-refractivity contribution is -0.149. The van der Waals surface area contributed by atoms with Crippen LogP contribution in [0.1, 0.15) is 26.5 Å². The Labute approximate surface area is 118 Å². The number of ether oxygens (including phenoxy) is 1. The summed E-state index contributed by atoms with van der Waals surface area (Å²) in [6.07, 6.45) is 1.72. The highest BCUT2D eigenvalue weighted by Gasteiger charge is 2.34. The third-order valence-corrected chi connectivity index (χ3v) is 3.73. The van der Waals surface area contributed by atoms with Gasteiger partial charge in [0.15, 0.2) is 5.16 Å². The molecule has 1 aromatic rings. The second kappa shape index (κ2) is 7.45. The summed E-state index contributed by atoms with van der Waals surface area (Å²) in [6, 6.07) is 1.85. The highest BCUT2D eigenvalue weighted by Crippen LogP contribution is 2.20. The van der Waals surface area contributed by atoms with Crippen LogP contribution in [0.5, 0.6) is 0 Å². The number of carbonyl (C=O) groups is 1. The number of nitrogens with zero attached hydrogens (tertiary/aromatic N) is 2. The predicted octanol–water partition coefficient (Wildman–Crippen LogP) is 1.81. The van der Waals surface area contributed by atoms with Crippen LogP contribution in [0.4, 0.5) is 0 Å². The van der Waals surface area contributed by atoms with Gasteiger partial charge in [-0.15, -0.1) is 0 Å². The Balaban J connectivity index is 2.70. The van der Waals surface area contributed by atoms with Crippen molar-refractivity contribution in [2.45, 2.75) is 38.4 Å². The Bertz CT molecular complexity index is 428. The summed E-state index contributed by atoms with van der Waals surface area (Å²) in [5.74, 6) is 0.292. The van der Waals surface area contributed by atoms with Gasteiger partial charge in [0.1, 0.15) is 5.54 Å². The topological polar surface area (TPSA) is 64.1 Å². The minimum absolute atomic E-state index is 0.239. The summed E-state index contributed by atoms with van der Waals surface area (Å²) >= 11 is 1.45. The second-order valence-corrected chi connectivity index (χ2v) is 5.29. The number of aromatic nitrogens is 2. The Morgan fingerprint density at radius 3 is 2.84 bits per heavy atom. The van der Waals surface area contributed by atoms with Crippen molar-refractivity contribution in [2.24, 2.45) is 0 Å². The summed E-state index contributed by atoms with van der Waals surface area (Å²) in [5, 5.41) is 3.85. The lowest BCUT2D eigenvalue weighted by atomic mass is 10.1. The van der Waals surface area contributed by atoms with E-state index >= 15 is 0 Å². The van der Waals surface area contributed by atoms with Gasteiger partial charge in [-0.3, -0.25) is 4.79 Å². The highest BCUT2D eigenvalue weighted by molar-refractivity contribution is 7.99. The lowest BCUT2D eigenvalue weighted by Crippen LogP contribution is -2.52. The molecule has 19 heavy (non-hydrogen) atoms. The number of thioether (sulfide) groups is 1. The smallest absolute Gasteiger partial charge is 0.326 e. The van der Waals surface area contributed by atoms with E-state index in [1.54, 1.807) is 13.1 Å². The van der Waals surface area contributed by atoms with Gasteiger partial charge in [0.25, 0.3) is 0 Å². The fourth-order valence-electron chi connectivity index (χ4n) is 1.57. The number of rotatable bonds is 7. The molecule has 1 heterocycles. The van der Waals surface area contributed by atoms with E-state index in [2.05, 4.69) is 15.3 Å². The molecule has 0 radical (unpaired) electrons. The van der Waals surface area contributed by atoms with Crippen LogP contribution in [0.25, 0.3) is 0 Å². The Hall–Kier alpha value is -1.14. The van der Waals surface area contributed by atoms with Crippen LogP contribution in [-0.2, 0) is 9.53 Å². The molecule has 1 aromatic heterocycles. The van der Waals surface area contributed by atoms with Crippen molar-refractivity contribution in [3.8, 4) is 0 Å². The average Bonchev–Trinajstić information content (AvgIpc) is 2.37. The molecule has 1 unspecified atom stereocenters. The number of nitrogens with one attached hydrogen (secondary N) is 1. The molecule has 0 aliphatic carbocycles. The standard InChI is InChI=1S/C13H21N3O2S/c1-5-15-13(4,11(17)18-6-2)9-19-12-14-8-7-10(3)16-12/h7-8,15H,5-6,9H2,1-4H3. The molecule has 6 heteroatoms. The van der Waals surface area contributed by atoms with Crippen molar-refractivity contribution in [1.29, 1.82) is 0 Å². The van der Waals surface area contributed by atoms with E-state index in [-0.39, 0.29) is 5.97 Å². The molecule has 5 nitrogen and oxygen atoms in total. The Kier molecular flexibility index (Phi) is 6.24. The normalized spacial score (nSPS) is 13.9. The van der Waals surface area contributed by atoms with Gasteiger partial charge in [-0.05, 0) is 33.4 Å². The van der Waals surface area contributed by atoms with Gasteiger partial charge in [-0.25, -0.2) is 9.97 Å². The van der Waals surface area contributed by atoms with Crippen LogP contribution in [-0.4, -0.2) is 40.4 Å². The fraction of sp³-hybridized carbons (Fsp3) is 0.615. The summed E-state index contributed by atoms with van der Waals surface area (Å²) in [5.41, 5.74) is 0.196. The van der Waals surface area contributed by atoms with E-state index in [9.17, 15) is 4.79 Å². The van der Waals surface area contributed by atoms with Crippen LogP contribution in [0.2, 0.25) is 0 Å². The van der Waals surface area contributed by atoms with Crippen molar-refractivity contribution in [3.05, 3.63) is 18.0 Å². The van der Waals surface area contributed by atoms with Crippen molar-refractivity contribution < 1.29 is 9.53 Å². The number of hydrogen-bond donors (Lipinski definition) is 1. The second-order valence-electron chi connectivity index (χ2n) is 4.35. The molecule has 106 valence electrons. The zero-order chi connectivity index (χ0) is 14.3. The first kappa shape index (κ1) is 15.9. The quantitative estimate of drug-likeness (QED) is 0.468. The van der Waals surface area contributed by atoms with Crippen molar-refractivity contribution in [2.75, 3.05) is 18.9 Å². The van der Waals surface area contributed by atoms with Crippen LogP contribution >= 0.6 is 11.8 Å². The van der Waals surface area contributed by atoms with Gasteiger partial charge in [0, 0.05) is 17.6 Å². The third-order valence-electron chi connectivity index (χ3n) is 2.56. The summed E-state index contributed by atoms with van der Waals surface area (Å²) in [4.78, 5) is 20.5. The molecule has 0 aromatic carbocycles. The predicted molar refractivity (Wildman–Crippen MR) is 76.2 cm³/mol. The van der Waals surface area contributed by atoms with E-state index in [4.69, 9.17) is 4.74 Å². The molecule has 0 amide bonds. The highest BCUT2D eigenvalue weighted by atomic mass is 32.2. The van der Waals surface area contributed by atoms with Gasteiger partial charge in [-0.1, -0.05) is 18.7 Å². The molecule has 0 fully saturated rings. The van der Waals surface area contributed by atoms with Crippen LogP contribution in [0.3, 0.4) is 0 Å². The third kappa shape index (κ3) is 4.80. The van der Waals surface area contributed by atoms with E-state index in [1.807, 2.05) is 26.8 Å². The molecular weight excluding hydrogens is 262 g/mol. The molecule has 0 spiro atoms. The van der Waals surface area contributed by atoms with Crippen molar-refractivity contribution in [1.82, 2.24) is 15.3 Å². The molecule has 1 rings (SSSR count). The van der Waals surface area contributed by atoms with E-state index in [0.29, 0.717) is 24.1 Å². The number of likely N-dealkylation sites (N-methyl/N-ethyl adjacent to an activating group) is 1. The van der Waals surface area contributed by atoms with Gasteiger partial charge < -0.3 is 10.1 Å². The first-order valence-corrected chi connectivity index (χ1v) is 7.35. The van der Waals surface area contributed by atoms with Crippen LogP contribution in [0.15, 0.2) is 17.4 Å². The van der Waals surface area contributed by atoms with Crippen LogP contribution in [0, 0.1) is 6.92 Å². The molecule has 1 atom stereocenters. The fourth-order valence-corrected chi connectivity index (χ4v) is 2.55. The maximum absolute atomic E-state index is 12.0. The Morgan fingerprint density at radius 2 is 2.26 bits per heavy atom. The Morgan fingerprint density at radius 1 is 1.53 bits per heavy atom. The maximum Gasteiger partial charge on any atom is 0.326 e. The average molecular weight is 283 g/mol. The van der Waals surface area contributed by atoms with E-state index in [1.165, 1.54) is 11.8 Å². The lowest BCUT2D eigenvalue weighted by Gasteiger charge is -2.27. The van der Waals surface area contributed by atoms with Crippen LogP contribution < -0.4 is 5.32 Å². The number of aryl methyl sites for hydroxylation is 1. The maximum atomic E-state index is 12.0. The molecule has 0 saturated carbocycles. The summed E-state index contributed by atoms with van der Waals surface area (Å²) in [6.45, 7) is 8.61. The van der Waals surface area contributed by atoms with Gasteiger partial charge in [-0.2, -0.15) is 0 Å². The van der Waals surface area contributed by atoms with E-state index in [0.717, 1.165) is 5.69 Å². The van der Waals surface area contributed by atoms with Crippen molar-refractivity contribution in [3.63, 3.8) is 0 Å². The molecule has 1 N–H and O–H groups in total. The van der Waals surface area contributed by atoms with E-state index < -0.39 is 5.54 Å². The largest absolute Gasteiger partial charge is 0.465 e. The monoisotopic (exact) mass is 283 g/mol. The molecule has 0 bridgehead atoms. The first-order valence-electron chi connectivity index (χ1n) is 6.36. The van der Waals surface area contributed by atoms with Gasteiger partial charge >= 0.3 is 5.97 Å². The molecule has 0 aliphatic heterocycles. The molecular formula is C13H21N3O2S. The zero-order valence-electron chi connectivity index (χ0n) is 11.9. The summed E-state index contributed by atoms with van der Waals surface area (Å²) < 4.78 is 5.12. The molecule has 0 aliphatic rings. The number of carbonyl (C=O) groups excluding carboxylic acids is 1. The minimum atomic E-state index is -0.720. The molecule has 0 saturated heterocycles.